The quantitative estimate of drug-likeness (QED) is 0.213. The van der Waals surface area contributed by atoms with Crippen molar-refractivity contribution in [2.75, 3.05) is 52.4 Å². The number of unbranched alkanes of at least 4 members (excludes halogenated alkanes) is 1. The maximum Gasteiger partial charge on any atom is 0.239 e. The van der Waals surface area contributed by atoms with Crippen LogP contribution in [-0.2, 0) is 11.3 Å². The number of guanidine groups is 1. The highest BCUT2D eigenvalue weighted by Gasteiger charge is 2.30. The van der Waals surface area contributed by atoms with Gasteiger partial charge in [-0.3, -0.25) is 9.69 Å². The van der Waals surface area contributed by atoms with Gasteiger partial charge >= 0.3 is 0 Å². The molecule has 0 radical (unpaired) electrons. The van der Waals surface area contributed by atoms with Crippen LogP contribution in [0.3, 0.4) is 0 Å². The molecule has 3 rings (SSSR count). The first-order valence-corrected chi connectivity index (χ1v) is 12.3. The minimum atomic E-state index is -0.0482. The maximum absolute atomic E-state index is 12.8. The highest BCUT2D eigenvalue weighted by molar-refractivity contribution is 14.0. The highest BCUT2D eigenvalue weighted by atomic mass is 127. The van der Waals surface area contributed by atoms with Gasteiger partial charge in [0.05, 0.1) is 19.2 Å². The number of rotatable bonds is 9. The van der Waals surface area contributed by atoms with E-state index in [0.29, 0.717) is 19.0 Å². The Kier molecular flexibility index (Phi) is 12.2. The number of aliphatic imine (C=N–C) groups is 1. The first-order chi connectivity index (χ1) is 15.6. The largest absolute Gasteiger partial charge is 0.477 e. The normalized spacial score (nSPS) is 18.1. The first kappa shape index (κ1) is 27.6. The number of carbonyl (C=O) groups excluding carboxylic acids is 1. The predicted molar refractivity (Wildman–Crippen MR) is 143 cm³/mol. The lowest BCUT2D eigenvalue weighted by Gasteiger charge is -2.39. The number of nitrogens with one attached hydrogen (secondary N) is 1. The molecule has 2 aliphatic heterocycles. The molecule has 0 saturated carbocycles. The minimum absolute atomic E-state index is 0. The third kappa shape index (κ3) is 7.98. The van der Waals surface area contributed by atoms with Crippen molar-refractivity contribution in [2.45, 2.75) is 59.0 Å². The number of amides is 1. The molecule has 1 atom stereocenters. The van der Waals surface area contributed by atoms with E-state index in [9.17, 15) is 4.79 Å². The van der Waals surface area contributed by atoms with Crippen molar-refractivity contribution < 1.29 is 9.53 Å². The first-order valence-electron chi connectivity index (χ1n) is 12.3. The molecule has 186 valence electrons. The Morgan fingerprint density at radius 3 is 2.55 bits per heavy atom. The Morgan fingerprint density at radius 1 is 1.15 bits per heavy atom. The van der Waals surface area contributed by atoms with Crippen molar-refractivity contribution in [3.05, 3.63) is 23.9 Å². The molecule has 1 N–H and O–H groups in total. The number of hydrogen-bond acceptors (Lipinski definition) is 5. The number of carbonyl (C=O) groups is 1. The van der Waals surface area contributed by atoms with E-state index < -0.39 is 0 Å². The van der Waals surface area contributed by atoms with Crippen molar-refractivity contribution in [2.24, 2.45) is 4.99 Å². The van der Waals surface area contributed by atoms with E-state index in [4.69, 9.17) is 9.73 Å². The van der Waals surface area contributed by atoms with E-state index >= 15 is 0 Å². The fourth-order valence-electron chi connectivity index (χ4n) is 4.25. The summed E-state index contributed by atoms with van der Waals surface area (Å²) in [7, 11) is 0. The van der Waals surface area contributed by atoms with E-state index in [2.05, 4.69) is 40.9 Å². The second kappa shape index (κ2) is 14.6. The van der Waals surface area contributed by atoms with Gasteiger partial charge in [-0.25, -0.2) is 9.98 Å². The average Bonchev–Trinajstić information content (AvgIpc) is 3.37. The summed E-state index contributed by atoms with van der Waals surface area (Å²) in [4.78, 5) is 28.7. The van der Waals surface area contributed by atoms with Gasteiger partial charge in [0.25, 0.3) is 0 Å². The lowest BCUT2D eigenvalue weighted by Crippen LogP contribution is -2.57. The smallest absolute Gasteiger partial charge is 0.239 e. The van der Waals surface area contributed by atoms with Gasteiger partial charge in [0.1, 0.15) is 0 Å². The topological polar surface area (TPSA) is 73.3 Å². The fraction of sp³-hybridized carbons (Fsp3) is 0.708. The Labute approximate surface area is 216 Å². The number of likely N-dealkylation sites (tertiary alicyclic amines) is 1. The van der Waals surface area contributed by atoms with Crippen LogP contribution in [0.25, 0.3) is 0 Å². The summed E-state index contributed by atoms with van der Waals surface area (Å²) in [6.45, 7) is 13.6. The fourth-order valence-corrected chi connectivity index (χ4v) is 4.25. The Morgan fingerprint density at radius 2 is 1.88 bits per heavy atom. The molecule has 1 amide bonds. The Hall–Kier alpha value is -1.62. The predicted octanol–water partition coefficient (Wildman–Crippen LogP) is 2.97. The van der Waals surface area contributed by atoms with Gasteiger partial charge in [-0.2, -0.15) is 0 Å². The number of ether oxygens (including phenoxy) is 1. The van der Waals surface area contributed by atoms with Crippen molar-refractivity contribution >= 4 is 35.8 Å². The molecule has 8 nitrogen and oxygen atoms in total. The zero-order valence-corrected chi connectivity index (χ0v) is 22.8. The van der Waals surface area contributed by atoms with E-state index in [-0.39, 0.29) is 35.9 Å². The zero-order chi connectivity index (χ0) is 22.8. The lowest BCUT2D eigenvalue weighted by molar-refractivity contribution is -0.135. The van der Waals surface area contributed by atoms with Gasteiger partial charge in [-0.1, -0.05) is 19.4 Å². The number of hydrogen-bond donors (Lipinski definition) is 1. The third-order valence-corrected chi connectivity index (χ3v) is 6.26. The monoisotopic (exact) mass is 572 g/mol. The molecule has 1 aromatic heterocycles. The molecule has 0 aromatic carbocycles. The van der Waals surface area contributed by atoms with Gasteiger partial charge in [0.2, 0.25) is 11.8 Å². The molecule has 9 heteroatoms. The second-order valence-corrected chi connectivity index (χ2v) is 8.57. The van der Waals surface area contributed by atoms with Crippen LogP contribution < -0.4 is 10.1 Å². The molecule has 0 bridgehead atoms. The van der Waals surface area contributed by atoms with Crippen molar-refractivity contribution in [1.29, 1.82) is 0 Å². The number of aromatic nitrogens is 1. The van der Waals surface area contributed by atoms with Crippen LogP contribution in [0.4, 0.5) is 0 Å². The molecule has 1 aromatic rings. The van der Waals surface area contributed by atoms with Crippen LogP contribution in [0, 0.1) is 0 Å². The van der Waals surface area contributed by atoms with Gasteiger partial charge in [0, 0.05) is 57.6 Å². The summed E-state index contributed by atoms with van der Waals surface area (Å²) < 4.78 is 5.86. The van der Waals surface area contributed by atoms with Crippen molar-refractivity contribution in [1.82, 2.24) is 25.0 Å². The SMILES string of the molecule is CCCCOc1ncccc1CN=C(NCC)N1CCN(C(C)C(=O)N2CCCC2)CC1.I. The molecule has 2 saturated heterocycles. The van der Waals surface area contributed by atoms with E-state index in [1.807, 2.05) is 17.0 Å². The van der Waals surface area contributed by atoms with Crippen LogP contribution in [0.2, 0.25) is 0 Å². The van der Waals surface area contributed by atoms with Gasteiger partial charge < -0.3 is 19.9 Å². The van der Waals surface area contributed by atoms with E-state index in [1.165, 1.54) is 0 Å². The van der Waals surface area contributed by atoms with Gasteiger partial charge in [-0.15, -0.1) is 24.0 Å². The lowest BCUT2D eigenvalue weighted by atomic mass is 10.2. The van der Waals surface area contributed by atoms with Gasteiger partial charge in [0.15, 0.2) is 5.96 Å². The summed E-state index contributed by atoms with van der Waals surface area (Å²) in [6, 6.07) is 3.92. The number of nitrogens with zero attached hydrogens (tertiary/aromatic N) is 5. The van der Waals surface area contributed by atoms with E-state index in [1.54, 1.807) is 6.20 Å². The maximum atomic E-state index is 12.8. The Bertz CT molecular complexity index is 748. The second-order valence-electron chi connectivity index (χ2n) is 8.57. The zero-order valence-electron chi connectivity index (χ0n) is 20.5. The molecule has 2 fully saturated rings. The number of halogens is 1. The summed E-state index contributed by atoms with van der Waals surface area (Å²) >= 11 is 0. The molecule has 3 heterocycles. The standard InChI is InChI=1S/C24H40N6O2.HI/c1-4-6-18-32-22-21(10-9-11-26-22)19-27-24(25-5-2)30-16-14-28(15-17-30)20(3)23(31)29-12-7-8-13-29;/h9-11,20H,4-8,12-19H2,1-3H3,(H,25,27);1H. The molecule has 0 spiro atoms. The van der Waals surface area contributed by atoms with Crippen LogP contribution in [-0.4, -0.2) is 90.0 Å². The molecule has 33 heavy (non-hydrogen) atoms. The number of pyridine rings is 1. The van der Waals surface area contributed by atoms with Crippen molar-refractivity contribution in [3.8, 4) is 5.88 Å². The molecule has 2 aliphatic rings. The molecular formula is C24H41IN6O2. The van der Waals surface area contributed by atoms with Gasteiger partial charge in [-0.05, 0) is 39.2 Å². The molecule has 1 unspecified atom stereocenters. The van der Waals surface area contributed by atoms with Crippen LogP contribution in [0.1, 0.15) is 52.0 Å². The summed E-state index contributed by atoms with van der Waals surface area (Å²) in [5.41, 5.74) is 1.00. The van der Waals surface area contributed by atoms with Crippen LogP contribution >= 0.6 is 24.0 Å². The molecular weight excluding hydrogens is 531 g/mol. The van der Waals surface area contributed by atoms with Crippen molar-refractivity contribution in [3.63, 3.8) is 0 Å². The summed E-state index contributed by atoms with van der Waals surface area (Å²) in [6.07, 6.45) is 6.15. The van der Waals surface area contributed by atoms with E-state index in [0.717, 1.165) is 83.0 Å². The van der Waals surface area contributed by atoms with Crippen LogP contribution in [0.5, 0.6) is 5.88 Å². The third-order valence-electron chi connectivity index (χ3n) is 6.26. The summed E-state index contributed by atoms with van der Waals surface area (Å²) in [5, 5.41) is 3.43. The Balaban J connectivity index is 0.00000385. The van der Waals surface area contributed by atoms with Crippen LogP contribution in [0.15, 0.2) is 23.3 Å². The minimum Gasteiger partial charge on any atom is -0.477 e. The highest BCUT2D eigenvalue weighted by Crippen LogP contribution is 2.17. The average molecular weight is 573 g/mol. The summed E-state index contributed by atoms with van der Waals surface area (Å²) in [5.74, 6) is 1.87. The number of piperazine rings is 1. The molecule has 0 aliphatic carbocycles.